The van der Waals surface area contributed by atoms with Crippen LogP contribution in [-0.4, -0.2) is 24.3 Å². The highest BCUT2D eigenvalue weighted by Gasteiger charge is 2.01. The molecule has 0 aromatic heterocycles. The third-order valence-electron chi connectivity index (χ3n) is 1.17. The van der Waals surface area contributed by atoms with Crippen molar-refractivity contribution in [3.05, 3.63) is 0 Å². The van der Waals surface area contributed by atoms with E-state index < -0.39 is 5.97 Å². The van der Waals surface area contributed by atoms with Gasteiger partial charge in [0.25, 0.3) is 0 Å². The van der Waals surface area contributed by atoms with Crippen molar-refractivity contribution in [3.8, 4) is 0 Å². The lowest BCUT2D eigenvalue weighted by atomic mass is 10.2. The summed E-state index contributed by atoms with van der Waals surface area (Å²) >= 11 is 0. The molecule has 0 aromatic rings. The van der Waals surface area contributed by atoms with Crippen LogP contribution in [0.4, 0.5) is 0 Å². The van der Waals surface area contributed by atoms with Gasteiger partial charge in [-0.3, -0.25) is 4.79 Å². The first kappa shape index (κ1) is 8.43. The normalized spacial score (nSPS) is 13.1. The van der Waals surface area contributed by atoms with Gasteiger partial charge in [0.15, 0.2) is 0 Å². The average Bonchev–Trinajstić information content (AvgIpc) is 1.83. The van der Waals surface area contributed by atoms with Crippen molar-refractivity contribution in [1.29, 1.82) is 0 Å². The van der Waals surface area contributed by atoms with Gasteiger partial charge in [0.2, 0.25) is 0 Å². The van der Waals surface area contributed by atoms with Crippen molar-refractivity contribution in [2.24, 2.45) is 0 Å². The lowest BCUT2D eigenvalue weighted by molar-refractivity contribution is -0.137. The van der Waals surface area contributed by atoms with Crippen LogP contribution in [0.1, 0.15) is 19.8 Å². The Morgan fingerprint density at radius 2 is 2.33 bits per heavy atom. The van der Waals surface area contributed by atoms with Gasteiger partial charge in [-0.1, -0.05) is 0 Å². The number of aliphatic carboxylic acids is 1. The molecule has 0 unspecified atom stereocenters. The number of hydrogen-bond donors (Lipinski definition) is 1. The average molecular weight is 132 g/mol. The second kappa shape index (κ2) is 4.32. The molecular formula is C6H12O3. The fourth-order valence-electron chi connectivity index (χ4n) is 0.445. The van der Waals surface area contributed by atoms with Crippen LogP contribution < -0.4 is 0 Å². The van der Waals surface area contributed by atoms with Crippen molar-refractivity contribution in [1.82, 2.24) is 0 Å². The van der Waals surface area contributed by atoms with Gasteiger partial charge in [-0.05, 0) is 13.3 Å². The maximum absolute atomic E-state index is 9.96. The Balaban J connectivity index is 3.16. The molecule has 1 N–H and O–H groups in total. The van der Waals surface area contributed by atoms with Crippen LogP contribution in [0.2, 0.25) is 0 Å². The van der Waals surface area contributed by atoms with Gasteiger partial charge in [-0.15, -0.1) is 0 Å². The van der Waals surface area contributed by atoms with Gasteiger partial charge >= 0.3 is 5.97 Å². The number of ether oxygens (including phenoxy) is 1. The molecule has 0 aliphatic heterocycles. The molecule has 0 amide bonds. The first-order valence-corrected chi connectivity index (χ1v) is 2.91. The summed E-state index contributed by atoms with van der Waals surface area (Å²) in [5, 5.41) is 8.20. The molecule has 0 heterocycles. The minimum Gasteiger partial charge on any atom is -0.481 e. The smallest absolute Gasteiger partial charge is 0.303 e. The molecule has 0 rings (SSSR count). The zero-order valence-electron chi connectivity index (χ0n) is 5.76. The summed E-state index contributed by atoms with van der Waals surface area (Å²) in [5.41, 5.74) is 0. The van der Waals surface area contributed by atoms with Gasteiger partial charge in [-0.25, -0.2) is 0 Å². The Morgan fingerprint density at radius 3 is 2.67 bits per heavy atom. The molecule has 0 aromatic carbocycles. The zero-order chi connectivity index (χ0) is 7.28. The molecule has 1 atom stereocenters. The van der Waals surface area contributed by atoms with Crippen LogP contribution in [0.15, 0.2) is 0 Å². The molecule has 0 spiro atoms. The second-order valence-corrected chi connectivity index (χ2v) is 1.98. The first-order valence-electron chi connectivity index (χ1n) is 2.91. The predicted octanol–water partition coefficient (Wildman–Crippen LogP) is 0.886. The number of rotatable bonds is 4. The van der Waals surface area contributed by atoms with Gasteiger partial charge in [0.05, 0.1) is 6.10 Å². The Labute approximate surface area is 54.6 Å². The van der Waals surface area contributed by atoms with E-state index in [-0.39, 0.29) is 12.5 Å². The van der Waals surface area contributed by atoms with Crippen LogP contribution in [-0.2, 0) is 9.53 Å². The quantitative estimate of drug-likeness (QED) is 0.617. The van der Waals surface area contributed by atoms with Crippen LogP contribution in [0, 0.1) is 0 Å². The lowest BCUT2D eigenvalue weighted by Gasteiger charge is -2.05. The molecule has 0 fully saturated rings. The van der Waals surface area contributed by atoms with E-state index in [9.17, 15) is 4.79 Å². The monoisotopic (exact) mass is 132 g/mol. The van der Waals surface area contributed by atoms with Gasteiger partial charge in [-0.2, -0.15) is 0 Å². The van der Waals surface area contributed by atoms with Crippen molar-refractivity contribution in [2.75, 3.05) is 7.11 Å². The van der Waals surface area contributed by atoms with E-state index in [4.69, 9.17) is 9.84 Å². The number of carbonyl (C=O) groups is 1. The molecule has 54 valence electrons. The molecule has 9 heavy (non-hydrogen) atoms. The largest absolute Gasteiger partial charge is 0.481 e. The van der Waals surface area contributed by atoms with E-state index in [1.807, 2.05) is 6.92 Å². The lowest BCUT2D eigenvalue weighted by Crippen LogP contribution is -2.07. The topological polar surface area (TPSA) is 46.5 Å². The third-order valence-corrected chi connectivity index (χ3v) is 1.17. The summed E-state index contributed by atoms with van der Waals surface area (Å²) in [5.74, 6) is -0.765. The third kappa shape index (κ3) is 5.30. The SMILES string of the molecule is CO[C@H](C)CCC(=O)O. The number of hydrogen-bond acceptors (Lipinski definition) is 2. The molecule has 0 saturated heterocycles. The van der Waals surface area contributed by atoms with Crippen molar-refractivity contribution in [3.63, 3.8) is 0 Å². The first-order chi connectivity index (χ1) is 4.16. The van der Waals surface area contributed by atoms with Crippen LogP contribution >= 0.6 is 0 Å². The highest BCUT2D eigenvalue weighted by Crippen LogP contribution is 1.98. The summed E-state index contributed by atoms with van der Waals surface area (Å²) in [6, 6.07) is 0. The summed E-state index contributed by atoms with van der Waals surface area (Å²) in [6.45, 7) is 1.85. The minimum atomic E-state index is -0.765. The molecule has 0 aliphatic carbocycles. The van der Waals surface area contributed by atoms with Crippen molar-refractivity contribution in [2.45, 2.75) is 25.9 Å². The highest BCUT2D eigenvalue weighted by molar-refractivity contribution is 5.66. The van der Waals surface area contributed by atoms with E-state index in [2.05, 4.69) is 0 Å². The minimum absolute atomic E-state index is 0.0566. The molecule has 3 heteroatoms. The van der Waals surface area contributed by atoms with Crippen molar-refractivity contribution >= 4 is 5.97 Å². The van der Waals surface area contributed by atoms with Gasteiger partial charge in [0, 0.05) is 13.5 Å². The van der Waals surface area contributed by atoms with Crippen LogP contribution in [0.5, 0.6) is 0 Å². The predicted molar refractivity (Wildman–Crippen MR) is 33.3 cm³/mol. The molecule has 0 aliphatic rings. The van der Waals surface area contributed by atoms with Crippen LogP contribution in [0.25, 0.3) is 0 Å². The van der Waals surface area contributed by atoms with E-state index in [1.54, 1.807) is 7.11 Å². The molecular weight excluding hydrogens is 120 g/mol. The zero-order valence-corrected chi connectivity index (χ0v) is 5.76. The Kier molecular flexibility index (Phi) is 4.05. The standard InChI is InChI=1S/C6H12O3/c1-5(9-2)3-4-6(7)8/h5H,3-4H2,1-2H3,(H,7,8)/t5-/m1/s1. The highest BCUT2D eigenvalue weighted by atomic mass is 16.5. The Morgan fingerprint density at radius 1 is 1.78 bits per heavy atom. The van der Waals surface area contributed by atoms with E-state index in [0.717, 1.165) is 0 Å². The van der Waals surface area contributed by atoms with E-state index >= 15 is 0 Å². The van der Waals surface area contributed by atoms with Crippen LogP contribution in [0.3, 0.4) is 0 Å². The molecule has 0 bridgehead atoms. The fourth-order valence-corrected chi connectivity index (χ4v) is 0.445. The maximum atomic E-state index is 9.96. The fraction of sp³-hybridized carbons (Fsp3) is 0.833. The summed E-state index contributed by atoms with van der Waals surface area (Å²) < 4.78 is 4.84. The van der Waals surface area contributed by atoms with Crippen molar-refractivity contribution < 1.29 is 14.6 Å². The van der Waals surface area contributed by atoms with E-state index in [1.165, 1.54) is 0 Å². The van der Waals surface area contributed by atoms with Gasteiger partial charge in [0.1, 0.15) is 0 Å². The second-order valence-electron chi connectivity index (χ2n) is 1.98. The number of carboxylic acids is 1. The Bertz CT molecular complexity index is 90.3. The van der Waals surface area contributed by atoms with E-state index in [0.29, 0.717) is 6.42 Å². The molecule has 3 nitrogen and oxygen atoms in total. The maximum Gasteiger partial charge on any atom is 0.303 e. The summed E-state index contributed by atoms with van der Waals surface area (Å²) in [6.07, 6.45) is 0.835. The number of methoxy groups -OCH3 is 1. The number of carboxylic acid groups (broad SMARTS) is 1. The summed E-state index contributed by atoms with van der Waals surface area (Å²) in [7, 11) is 1.58. The molecule has 0 saturated carbocycles. The van der Waals surface area contributed by atoms with Gasteiger partial charge < -0.3 is 9.84 Å². The summed E-state index contributed by atoms with van der Waals surface area (Å²) in [4.78, 5) is 9.96. The molecule has 0 radical (unpaired) electrons. The Hall–Kier alpha value is -0.570.